The van der Waals surface area contributed by atoms with E-state index in [0.717, 1.165) is 17.0 Å². The van der Waals surface area contributed by atoms with E-state index >= 15 is 0 Å². The lowest BCUT2D eigenvalue weighted by atomic mass is 10.0. The van der Waals surface area contributed by atoms with Gasteiger partial charge in [0.05, 0.1) is 12.3 Å². The number of benzene rings is 1. The molecule has 0 radical (unpaired) electrons. The van der Waals surface area contributed by atoms with Crippen LogP contribution in [-0.4, -0.2) is 32.3 Å². The number of ether oxygens (including phenoxy) is 2. The topological polar surface area (TPSA) is 21.7 Å². The van der Waals surface area contributed by atoms with Gasteiger partial charge in [0.15, 0.2) is 0 Å². The van der Waals surface area contributed by atoms with Crippen LogP contribution in [0.15, 0.2) is 48.2 Å². The van der Waals surface area contributed by atoms with Gasteiger partial charge in [-0.1, -0.05) is 12.7 Å². The molecular weight excluding hydrogens is 269 g/mol. The average Bonchev–Trinajstić information content (AvgIpc) is 2.46. The molecule has 3 nitrogen and oxygen atoms in total. The highest BCUT2D eigenvalue weighted by Gasteiger charge is 2.18. The fourth-order valence-corrected chi connectivity index (χ4v) is 2.13. The Balaban J connectivity index is 2.23. The molecule has 112 valence electrons. The molecule has 1 aliphatic heterocycles. The van der Waals surface area contributed by atoms with Crippen LogP contribution in [0, 0.1) is 5.82 Å². The third-order valence-electron chi connectivity index (χ3n) is 3.49. The van der Waals surface area contributed by atoms with Crippen LogP contribution in [0.5, 0.6) is 5.75 Å². The Morgan fingerprint density at radius 1 is 1.24 bits per heavy atom. The molecule has 0 atom stereocenters. The Labute approximate surface area is 125 Å². The van der Waals surface area contributed by atoms with Gasteiger partial charge in [0, 0.05) is 31.5 Å². The number of methoxy groups -OCH3 is 1. The summed E-state index contributed by atoms with van der Waals surface area (Å²) in [4.78, 5) is 1.89. The average molecular weight is 289 g/mol. The first-order chi connectivity index (χ1) is 10.0. The zero-order valence-electron chi connectivity index (χ0n) is 12.6. The highest BCUT2D eigenvalue weighted by molar-refractivity contribution is 5.71. The monoisotopic (exact) mass is 289 g/mol. The van der Waals surface area contributed by atoms with Crippen LogP contribution in [0.2, 0.25) is 0 Å². The van der Waals surface area contributed by atoms with Crippen molar-refractivity contribution in [2.24, 2.45) is 0 Å². The summed E-state index contributed by atoms with van der Waals surface area (Å²) in [6, 6.07) is 4.88. The summed E-state index contributed by atoms with van der Waals surface area (Å²) >= 11 is 0. The van der Waals surface area contributed by atoms with Gasteiger partial charge in [-0.3, -0.25) is 0 Å². The van der Waals surface area contributed by atoms with Crippen molar-refractivity contribution >= 4 is 5.70 Å². The molecule has 0 N–H and O–H groups in total. The van der Waals surface area contributed by atoms with E-state index in [1.807, 2.05) is 31.0 Å². The molecule has 0 aromatic heterocycles. The number of likely N-dealkylation sites (N-methyl/N-ethyl adjacent to an activating group) is 1. The number of rotatable bonds is 5. The van der Waals surface area contributed by atoms with E-state index in [9.17, 15) is 4.39 Å². The molecule has 2 rings (SSSR count). The van der Waals surface area contributed by atoms with E-state index in [1.165, 1.54) is 6.07 Å². The van der Waals surface area contributed by atoms with E-state index in [-0.39, 0.29) is 5.82 Å². The van der Waals surface area contributed by atoms with Crippen molar-refractivity contribution in [1.29, 1.82) is 0 Å². The van der Waals surface area contributed by atoms with E-state index < -0.39 is 0 Å². The van der Waals surface area contributed by atoms with Crippen LogP contribution >= 0.6 is 0 Å². The van der Waals surface area contributed by atoms with E-state index in [4.69, 9.17) is 9.47 Å². The summed E-state index contributed by atoms with van der Waals surface area (Å²) in [5.41, 5.74) is 3.25. The van der Waals surface area contributed by atoms with Crippen molar-refractivity contribution < 1.29 is 13.9 Å². The Morgan fingerprint density at radius 3 is 2.67 bits per heavy atom. The Hall–Kier alpha value is -2.07. The van der Waals surface area contributed by atoms with Gasteiger partial charge in [0.1, 0.15) is 18.2 Å². The zero-order valence-corrected chi connectivity index (χ0v) is 12.6. The highest BCUT2D eigenvalue weighted by Crippen LogP contribution is 2.31. The number of hydrogen-bond donors (Lipinski definition) is 0. The van der Waals surface area contributed by atoms with Crippen LogP contribution < -0.4 is 4.74 Å². The Morgan fingerprint density at radius 2 is 2.00 bits per heavy atom. The number of hydrogen-bond acceptors (Lipinski definition) is 3. The first-order valence-corrected chi connectivity index (χ1v) is 6.78. The lowest BCUT2D eigenvalue weighted by molar-refractivity contribution is 0.146. The molecule has 0 aliphatic carbocycles. The molecule has 4 heteroatoms. The minimum Gasteiger partial charge on any atom is -0.491 e. The number of nitrogens with zero attached hydrogens (tertiary/aromatic N) is 1. The van der Waals surface area contributed by atoms with Gasteiger partial charge in [-0.15, -0.1) is 0 Å². The molecule has 0 fully saturated rings. The van der Waals surface area contributed by atoms with Gasteiger partial charge in [-0.2, -0.15) is 0 Å². The predicted molar refractivity (Wildman–Crippen MR) is 82.4 cm³/mol. The Bertz CT molecular complexity index is 605. The number of allylic oxidation sites excluding steroid dienone is 3. The van der Waals surface area contributed by atoms with Gasteiger partial charge in [-0.25, -0.2) is 4.39 Å². The SMILES string of the molecule is C=C1C(C)=CC=C(c2ccc(OCCOC)cc2F)N1C. The number of halogens is 1. The summed E-state index contributed by atoms with van der Waals surface area (Å²) < 4.78 is 24.6. The molecule has 0 saturated carbocycles. The summed E-state index contributed by atoms with van der Waals surface area (Å²) in [5, 5.41) is 0. The first-order valence-electron chi connectivity index (χ1n) is 6.78. The van der Waals surface area contributed by atoms with Crippen molar-refractivity contribution in [3.8, 4) is 5.75 Å². The quantitative estimate of drug-likeness (QED) is 0.773. The van der Waals surface area contributed by atoms with Crippen molar-refractivity contribution in [3.63, 3.8) is 0 Å². The van der Waals surface area contributed by atoms with E-state index in [0.29, 0.717) is 24.5 Å². The Kier molecular flexibility index (Phi) is 4.81. The van der Waals surface area contributed by atoms with Gasteiger partial charge in [0.25, 0.3) is 0 Å². The largest absolute Gasteiger partial charge is 0.491 e. The third kappa shape index (κ3) is 3.34. The molecule has 1 aliphatic rings. The molecular formula is C17H20FNO2. The minimum absolute atomic E-state index is 0.316. The van der Waals surface area contributed by atoms with E-state index in [2.05, 4.69) is 6.58 Å². The second-order valence-electron chi connectivity index (χ2n) is 4.89. The lowest BCUT2D eigenvalue weighted by Crippen LogP contribution is -2.19. The molecule has 0 amide bonds. The van der Waals surface area contributed by atoms with Crippen molar-refractivity contribution in [3.05, 3.63) is 59.6 Å². The first kappa shape index (κ1) is 15.3. The molecule has 1 heterocycles. The van der Waals surface area contributed by atoms with Crippen LogP contribution in [-0.2, 0) is 4.74 Å². The molecule has 21 heavy (non-hydrogen) atoms. The maximum absolute atomic E-state index is 14.3. The second kappa shape index (κ2) is 6.59. The van der Waals surface area contributed by atoms with Gasteiger partial charge in [-0.05, 0) is 30.7 Å². The summed E-state index contributed by atoms with van der Waals surface area (Å²) in [5.74, 6) is 0.182. The van der Waals surface area contributed by atoms with Crippen molar-refractivity contribution in [1.82, 2.24) is 4.90 Å². The molecule has 0 spiro atoms. The maximum Gasteiger partial charge on any atom is 0.136 e. The van der Waals surface area contributed by atoms with Gasteiger partial charge < -0.3 is 14.4 Å². The van der Waals surface area contributed by atoms with Crippen LogP contribution in [0.4, 0.5) is 4.39 Å². The molecule has 0 saturated heterocycles. The summed E-state index contributed by atoms with van der Waals surface area (Å²) in [7, 11) is 3.48. The van der Waals surface area contributed by atoms with Crippen LogP contribution in [0.3, 0.4) is 0 Å². The molecule has 0 bridgehead atoms. The molecule has 1 aromatic carbocycles. The lowest BCUT2D eigenvalue weighted by Gasteiger charge is -2.28. The zero-order chi connectivity index (χ0) is 15.4. The molecule has 1 aromatic rings. The van der Waals surface area contributed by atoms with Crippen molar-refractivity contribution in [2.45, 2.75) is 6.92 Å². The standard InChI is InChI=1S/C17H20FNO2/c1-12-5-8-17(19(3)13(12)2)15-7-6-14(11-16(15)18)21-10-9-20-4/h5-8,11H,2,9-10H2,1,3-4H3. The maximum atomic E-state index is 14.3. The smallest absolute Gasteiger partial charge is 0.136 e. The fraction of sp³-hybridized carbons (Fsp3) is 0.294. The minimum atomic E-state index is -0.316. The van der Waals surface area contributed by atoms with Gasteiger partial charge in [0.2, 0.25) is 0 Å². The van der Waals surface area contributed by atoms with Crippen molar-refractivity contribution in [2.75, 3.05) is 27.4 Å². The van der Waals surface area contributed by atoms with Gasteiger partial charge >= 0.3 is 0 Å². The highest BCUT2D eigenvalue weighted by atomic mass is 19.1. The predicted octanol–water partition coefficient (Wildman–Crippen LogP) is 3.60. The normalized spacial score (nSPS) is 14.9. The van der Waals surface area contributed by atoms with Crippen LogP contribution in [0.25, 0.3) is 5.70 Å². The second-order valence-corrected chi connectivity index (χ2v) is 4.89. The fourth-order valence-electron chi connectivity index (χ4n) is 2.13. The molecule has 0 unspecified atom stereocenters. The van der Waals surface area contributed by atoms with E-state index in [1.54, 1.807) is 19.2 Å². The third-order valence-corrected chi connectivity index (χ3v) is 3.49. The van der Waals surface area contributed by atoms with Crippen LogP contribution in [0.1, 0.15) is 12.5 Å². The summed E-state index contributed by atoms with van der Waals surface area (Å²) in [6.07, 6.45) is 3.84. The summed E-state index contributed by atoms with van der Waals surface area (Å²) in [6.45, 7) is 6.86.